The maximum atomic E-state index is 2.55. The van der Waals surface area contributed by atoms with Gasteiger partial charge in [0.1, 0.15) is 7.85 Å². The van der Waals surface area contributed by atoms with Crippen molar-refractivity contribution in [3.05, 3.63) is 23.4 Å². The van der Waals surface area contributed by atoms with Gasteiger partial charge in [0.2, 0.25) is 0 Å². The molecule has 0 amide bonds. The van der Waals surface area contributed by atoms with Gasteiger partial charge >= 0.3 is 0 Å². The standard InChI is InChI=1S/C13H24BN/c1-9(2)11-7-8-12(14)13(5,6)15(11)10(3)4/h7-8,10,12H,14H2,1-6H3. The first-order chi connectivity index (χ1) is 6.78. The van der Waals surface area contributed by atoms with Crippen LogP contribution in [0.1, 0.15) is 41.5 Å². The summed E-state index contributed by atoms with van der Waals surface area (Å²) in [6.45, 7) is 13.6. The Hall–Kier alpha value is -0.655. The molecule has 0 aliphatic carbocycles. The average Bonchev–Trinajstić information content (AvgIpc) is 2.07. The molecule has 0 saturated heterocycles. The highest BCUT2D eigenvalue weighted by Crippen LogP contribution is 2.38. The van der Waals surface area contributed by atoms with Crippen LogP contribution >= 0.6 is 0 Å². The summed E-state index contributed by atoms with van der Waals surface area (Å²) >= 11 is 0. The van der Waals surface area contributed by atoms with Crippen molar-refractivity contribution in [2.24, 2.45) is 0 Å². The van der Waals surface area contributed by atoms with Crippen molar-refractivity contribution in [2.45, 2.75) is 58.9 Å². The molecule has 2 heteroatoms. The molecule has 1 heterocycles. The minimum absolute atomic E-state index is 0.218. The maximum absolute atomic E-state index is 2.55. The molecule has 0 radical (unpaired) electrons. The first-order valence-corrected chi connectivity index (χ1v) is 5.93. The molecule has 0 aromatic carbocycles. The third-order valence-corrected chi connectivity index (χ3v) is 3.57. The fourth-order valence-electron chi connectivity index (χ4n) is 2.43. The summed E-state index contributed by atoms with van der Waals surface area (Å²) in [5.74, 6) is 0.600. The summed E-state index contributed by atoms with van der Waals surface area (Å²) in [6.07, 6.45) is 4.62. The Morgan fingerprint density at radius 2 is 1.93 bits per heavy atom. The molecular weight excluding hydrogens is 181 g/mol. The lowest BCUT2D eigenvalue weighted by molar-refractivity contribution is 0.128. The molecule has 15 heavy (non-hydrogen) atoms. The van der Waals surface area contributed by atoms with Crippen LogP contribution in [0, 0.1) is 0 Å². The lowest BCUT2D eigenvalue weighted by atomic mass is 9.69. The molecule has 1 unspecified atom stereocenters. The Labute approximate surface area is 95.6 Å². The summed E-state index contributed by atoms with van der Waals surface area (Å²) in [5.41, 5.74) is 3.02. The molecule has 1 nitrogen and oxygen atoms in total. The fourth-order valence-corrected chi connectivity index (χ4v) is 2.43. The molecule has 0 N–H and O–H groups in total. The van der Waals surface area contributed by atoms with E-state index in [1.54, 1.807) is 0 Å². The van der Waals surface area contributed by atoms with Crippen LogP contribution in [0.5, 0.6) is 0 Å². The molecule has 0 fully saturated rings. The Kier molecular flexibility index (Phi) is 3.37. The van der Waals surface area contributed by atoms with Gasteiger partial charge in [0.25, 0.3) is 0 Å². The second-order valence-corrected chi connectivity index (χ2v) is 5.65. The van der Waals surface area contributed by atoms with Gasteiger partial charge in [0.15, 0.2) is 0 Å². The van der Waals surface area contributed by atoms with Gasteiger partial charge in [-0.05, 0) is 53.4 Å². The summed E-state index contributed by atoms with van der Waals surface area (Å²) in [4.78, 5) is 2.55. The van der Waals surface area contributed by atoms with Crippen molar-refractivity contribution in [1.82, 2.24) is 4.90 Å². The quantitative estimate of drug-likeness (QED) is 0.595. The van der Waals surface area contributed by atoms with Gasteiger partial charge in [-0.2, -0.15) is 0 Å². The predicted molar refractivity (Wildman–Crippen MR) is 70.9 cm³/mol. The Morgan fingerprint density at radius 3 is 2.33 bits per heavy atom. The monoisotopic (exact) mass is 205 g/mol. The fraction of sp³-hybridized carbons (Fsp3) is 0.692. The van der Waals surface area contributed by atoms with E-state index in [9.17, 15) is 0 Å². The molecular formula is C13H24BN. The van der Waals surface area contributed by atoms with E-state index in [4.69, 9.17) is 0 Å². The van der Waals surface area contributed by atoms with Crippen LogP contribution < -0.4 is 0 Å². The van der Waals surface area contributed by atoms with Gasteiger partial charge in [-0.25, -0.2) is 0 Å². The van der Waals surface area contributed by atoms with E-state index in [0.29, 0.717) is 11.9 Å². The third kappa shape index (κ3) is 2.14. The predicted octanol–water partition coefficient (Wildman–Crippen LogP) is 2.76. The van der Waals surface area contributed by atoms with Crippen LogP contribution in [0.25, 0.3) is 0 Å². The van der Waals surface area contributed by atoms with Gasteiger partial charge < -0.3 is 4.90 Å². The van der Waals surface area contributed by atoms with Crippen molar-refractivity contribution in [3.63, 3.8) is 0 Å². The maximum Gasteiger partial charge on any atom is 0.113 e. The van der Waals surface area contributed by atoms with Crippen LogP contribution in [0.3, 0.4) is 0 Å². The lowest BCUT2D eigenvalue weighted by Gasteiger charge is -2.50. The molecule has 0 aromatic heterocycles. The topological polar surface area (TPSA) is 3.24 Å². The molecule has 0 aromatic rings. The molecule has 1 aliphatic rings. The molecule has 84 valence electrons. The van der Waals surface area contributed by atoms with Crippen LogP contribution in [-0.4, -0.2) is 24.3 Å². The Morgan fingerprint density at radius 1 is 1.40 bits per heavy atom. The second-order valence-electron chi connectivity index (χ2n) is 5.65. The number of hydrogen-bond donors (Lipinski definition) is 0. The van der Waals surface area contributed by atoms with Crippen molar-refractivity contribution in [1.29, 1.82) is 0 Å². The number of rotatable bonds is 1. The zero-order chi connectivity index (χ0) is 11.8. The van der Waals surface area contributed by atoms with Gasteiger partial charge in [-0.15, -0.1) is 0 Å². The first kappa shape index (κ1) is 12.4. The summed E-state index contributed by atoms with van der Waals surface area (Å²) in [5, 5.41) is 0. The zero-order valence-electron chi connectivity index (χ0n) is 11.3. The SMILES string of the molecule is BC1C=CC(=C(C)C)N(C(C)C)C1(C)C. The van der Waals surface area contributed by atoms with Crippen molar-refractivity contribution < 1.29 is 0 Å². The highest BCUT2D eigenvalue weighted by atomic mass is 15.2. The van der Waals surface area contributed by atoms with Crippen LogP contribution in [-0.2, 0) is 0 Å². The van der Waals surface area contributed by atoms with E-state index >= 15 is 0 Å². The van der Waals surface area contributed by atoms with Gasteiger partial charge in [0, 0.05) is 17.3 Å². The van der Waals surface area contributed by atoms with Crippen molar-refractivity contribution >= 4 is 7.85 Å². The lowest BCUT2D eigenvalue weighted by Crippen LogP contribution is -2.51. The van der Waals surface area contributed by atoms with Crippen LogP contribution in [0.15, 0.2) is 23.4 Å². The molecule has 1 aliphatic heterocycles. The normalized spacial score (nSPS) is 24.9. The van der Waals surface area contributed by atoms with E-state index in [0.717, 1.165) is 0 Å². The largest absolute Gasteiger partial charge is 0.364 e. The van der Waals surface area contributed by atoms with Gasteiger partial charge in [-0.1, -0.05) is 11.6 Å². The highest BCUT2D eigenvalue weighted by Gasteiger charge is 2.36. The number of hydrogen-bond acceptors (Lipinski definition) is 1. The van der Waals surface area contributed by atoms with E-state index in [1.165, 1.54) is 11.3 Å². The van der Waals surface area contributed by atoms with E-state index < -0.39 is 0 Å². The second kappa shape index (κ2) is 4.07. The molecule has 0 saturated carbocycles. The number of allylic oxidation sites excluding steroid dienone is 2. The molecule has 0 spiro atoms. The van der Waals surface area contributed by atoms with Gasteiger partial charge in [-0.3, -0.25) is 0 Å². The zero-order valence-corrected chi connectivity index (χ0v) is 11.3. The van der Waals surface area contributed by atoms with E-state index in [2.05, 4.69) is 66.4 Å². The Balaban J connectivity index is 3.24. The smallest absolute Gasteiger partial charge is 0.113 e. The van der Waals surface area contributed by atoms with Crippen molar-refractivity contribution in [3.8, 4) is 0 Å². The van der Waals surface area contributed by atoms with E-state index in [1.807, 2.05) is 0 Å². The molecule has 1 atom stereocenters. The average molecular weight is 205 g/mol. The third-order valence-electron chi connectivity index (χ3n) is 3.57. The van der Waals surface area contributed by atoms with Crippen molar-refractivity contribution in [2.75, 3.05) is 0 Å². The summed E-state index contributed by atoms with van der Waals surface area (Å²) < 4.78 is 0. The molecule has 1 rings (SSSR count). The van der Waals surface area contributed by atoms with Crippen LogP contribution in [0.4, 0.5) is 0 Å². The minimum Gasteiger partial charge on any atom is -0.364 e. The summed E-state index contributed by atoms with van der Waals surface area (Å²) in [7, 11) is 2.30. The van der Waals surface area contributed by atoms with Gasteiger partial charge in [0.05, 0.1) is 0 Å². The van der Waals surface area contributed by atoms with Crippen LogP contribution in [0.2, 0.25) is 5.82 Å². The molecule has 0 bridgehead atoms. The van der Waals surface area contributed by atoms with E-state index in [-0.39, 0.29) is 5.54 Å². The minimum atomic E-state index is 0.218. The number of nitrogens with zero attached hydrogens (tertiary/aromatic N) is 1. The first-order valence-electron chi connectivity index (χ1n) is 5.93. The Bertz CT molecular complexity index is 296. The summed E-state index contributed by atoms with van der Waals surface area (Å²) in [6, 6.07) is 0.553. The highest BCUT2D eigenvalue weighted by molar-refractivity contribution is 6.14.